The number of hydrogen-bond acceptors (Lipinski definition) is 6. The van der Waals surface area contributed by atoms with Crippen LogP contribution in [0.1, 0.15) is 40.2 Å². The third-order valence-corrected chi connectivity index (χ3v) is 7.18. The molecule has 0 radical (unpaired) electrons. The van der Waals surface area contributed by atoms with Crippen LogP contribution in [0.3, 0.4) is 0 Å². The third-order valence-electron chi connectivity index (χ3n) is 7.18. The molecule has 0 saturated carbocycles. The van der Waals surface area contributed by atoms with Gasteiger partial charge in [0.1, 0.15) is 23.9 Å². The summed E-state index contributed by atoms with van der Waals surface area (Å²) in [6.45, 7) is 4.35. The molecule has 5 rings (SSSR count). The molecule has 1 atom stereocenters. The van der Waals surface area contributed by atoms with Gasteiger partial charge in [-0.3, -0.25) is 4.79 Å². The van der Waals surface area contributed by atoms with E-state index in [2.05, 4.69) is 19.1 Å². The molecule has 3 aromatic carbocycles. The molecule has 0 saturated heterocycles. The van der Waals surface area contributed by atoms with Crippen LogP contribution in [-0.2, 0) is 17.8 Å². The van der Waals surface area contributed by atoms with Gasteiger partial charge in [-0.15, -0.1) is 0 Å². The maximum Gasteiger partial charge on any atom is 0.304 e. The normalized spacial score (nSPS) is 17.2. The molecule has 0 bridgehead atoms. The van der Waals surface area contributed by atoms with Gasteiger partial charge in [-0.05, 0) is 59.9 Å². The van der Waals surface area contributed by atoms with Crippen LogP contribution in [-0.4, -0.2) is 46.7 Å². The van der Waals surface area contributed by atoms with Crippen LogP contribution >= 0.6 is 0 Å². The molecule has 0 aromatic heterocycles. The molecule has 188 valence electrons. The fourth-order valence-electron chi connectivity index (χ4n) is 5.27. The molecule has 0 spiro atoms. The summed E-state index contributed by atoms with van der Waals surface area (Å²) in [4.78, 5) is 11.1. The van der Waals surface area contributed by atoms with E-state index in [0.29, 0.717) is 31.1 Å². The van der Waals surface area contributed by atoms with E-state index in [1.165, 1.54) is 0 Å². The van der Waals surface area contributed by atoms with Crippen molar-refractivity contribution in [1.82, 2.24) is 0 Å². The van der Waals surface area contributed by atoms with Crippen molar-refractivity contribution in [3.8, 4) is 28.4 Å². The predicted molar refractivity (Wildman–Crippen MR) is 134 cm³/mol. The van der Waals surface area contributed by atoms with Crippen molar-refractivity contribution in [2.45, 2.75) is 44.8 Å². The van der Waals surface area contributed by atoms with Crippen LogP contribution in [0.5, 0.6) is 17.2 Å². The number of rotatable bonds is 8. The van der Waals surface area contributed by atoms with Crippen LogP contribution in [0.25, 0.3) is 11.1 Å². The average molecular weight is 491 g/mol. The highest BCUT2D eigenvalue weighted by molar-refractivity contribution is 5.75. The molecule has 3 aromatic rings. The summed E-state index contributed by atoms with van der Waals surface area (Å²) < 4.78 is 17.7. The van der Waals surface area contributed by atoms with Gasteiger partial charge in [0.15, 0.2) is 5.60 Å². The van der Waals surface area contributed by atoms with Crippen molar-refractivity contribution >= 4 is 5.97 Å². The molecule has 7 heteroatoms. The largest absolute Gasteiger partial charge is 0.492 e. The SMILES string of the molecule is Cc1cc2c(c(C)c1-c1cccc(COc3ccc4c(c3)OC[C@H]4CC(=O)O)c1)CC(CO)(CO)O2. The lowest BCUT2D eigenvalue weighted by atomic mass is 9.88. The zero-order valence-electron chi connectivity index (χ0n) is 20.4. The first-order valence-corrected chi connectivity index (χ1v) is 12.1. The minimum absolute atomic E-state index is 0.0502. The first-order valence-electron chi connectivity index (χ1n) is 12.1. The summed E-state index contributed by atoms with van der Waals surface area (Å²) in [5, 5.41) is 28.7. The van der Waals surface area contributed by atoms with Crippen LogP contribution in [0, 0.1) is 13.8 Å². The number of hydrogen-bond donors (Lipinski definition) is 3. The highest BCUT2D eigenvalue weighted by atomic mass is 16.5. The van der Waals surface area contributed by atoms with Crippen LogP contribution in [0.15, 0.2) is 48.5 Å². The lowest BCUT2D eigenvalue weighted by Crippen LogP contribution is -2.42. The minimum Gasteiger partial charge on any atom is -0.492 e. The summed E-state index contributed by atoms with van der Waals surface area (Å²) in [6.07, 6.45) is 0.513. The van der Waals surface area contributed by atoms with Crippen molar-refractivity contribution in [2.75, 3.05) is 19.8 Å². The number of carboxylic acids is 1. The number of aliphatic hydroxyl groups excluding tert-OH is 2. The number of aliphatic carboxylic acids is 1. The molecular formula is C29H30O7. The smallest absolute Gasteiger partial charge is 0.304 e. The predicted octanol–water partition coefficient (Wildman–Crippen LogP) is 4.16. The first kappa shape index (κ1) is 24.2. The molecule has 2 aliphatic heterocycles. The summed E-state index contributed by atoms with van der Waals surface area (Å²) in [6, 6.07) is 15.7. The van der Waals surface area contributed by atoms with Crippen molar-refractivity contribution < 1.29 is 34.3 Å². The Morgan fingerprint density at radius 2 is 1.89 bits per heavy atom. The topological polar surface area (TPSA) is 105 Å². The van der Waals surface area contributed by atoms with Crippen molar-refractivity contribution in [3.63, 3.8) is 0 Å². The number of carboxylic acid groups (broad SMARTS) is 1. The van der Waals surface area contributed by atoms with Gasteiger partial charge in [0.25, 0.3) is 0 Å². The first-order chi connectivity index (χ1) is 17.3. The van der Waals surface area contributed by atoms with Crippen LogP contribution in [0.4, 0.5) is 0 Å². The van der Waals surface area contributed by atoms with Crippen LogP contribution in [0.2, 0.25) is 0 Å². The van der Waals surface area contributed by atoms with Gasteiger partial charge in [-0.2, -0.15) is 0 Å². The molecule has 0 amide bonds. The molecule has 2 aliphatic rings. The Kier molecular flexibility index (Phi) is 6.36. The van der Waals surface area contributed by atoms with E-state index >= 15 is 0 Å². The Hall–Kier alpha value is -3.55. The lowest BCUT2D eigenvalue weighted by Gasteiger charge is -2.23. The fraction of sp³-hybridized carbons (Fsp3) is 0.345. The molecule has 7 nitrogen and oxygen atoms in total. The monoisotopic (exact) mass is 490 g/mol. The number of fused-ring (bicyclic) bond motifs is 2. The van der Waals surface area contributed by atoms with E-state index < -0.39 is 11.6 Å². The molecule has 0 aliphatic carbocycles. The average Bonchev–Trinajstić information content (AvgIpc) is 3.44. The maximum absolute atomic E-state index is 11.1. The number of aryl methyl sites for hydroxylation is 1. The Bertz CT molecular complexity index is 1310. The summed E-state index contributed by atoms with van der Waals surface area (Å²) in [5.74, 6) is 1.11. The maximum atomic E-state index is 11.1. The zero-order chi connectivity index (χ0) is 25.4. The van der Waals surface area contributed by atoms with Gasteiger partial charge in [0.2, 0.25) is 0 Å². The molecule has 0 unspecified atom stereocenters. The van der Waals surface area contributed by atoms with E-state index in [4.69, 9.17) is 19.3 Å². The Balaban J connectivity index is 1.35. The second kappa shape index (κ2) is 9.48. The second-order valence-corrected chi connectivity index (χ2v) is 9.74. The summed E-state index contributed by atoms with van der Waals surface area (Å²) in [7, 11) is 0. The minimum atomic E-state index is -0.971. The summed E-state index contributed by atoms with van der Waals surface area (Å²) >= 11 is 0. The highest BCUT2D eigenvalue weighted by Crippen LogP contribution is 2.43. The fourth-order valence-corrected chi connectivity index (χ4v) is 5.27. The number of benzene rings is 3. The number of aliphatic hydroxyl groups is 2. The zero-order valence-corrected chi connectivity index (χ0v) is 20.4. The van der Waals surface area contributed by atoms with E-state index in [0.717, 1.165) is 44.7 Å². The van der Waals surface area contributed by atoms with Gasteiger partial charge in [0, 0.05) is 29.5 Å². The molecule has 3 N–H and O–H groups in total. The van der Waals surface area contributed by atoms with Gasteiger partial charge in [-0.1, -0.05) is 24.3 Å². The van der Waals surface area contributed by atoms with Gasteiger partial charge < -0.3 is 29.5 Å². The van der Waals surface area contributed by atoms with E-state index in [1.807, 2.05) is 43.3 Å². The lowest BCUT2D eigenvalue weighted by molar-refractivity contribution is -0.137. The van der Waals surface area contributed by atoms with Gasteiger partial charge in [-0.25, -0.2) is 0 Å². The highest BCUT2D eigenvalue weighted by Gasteiger charge is 2.40. The molecule has 0 fully saturated rings. The van der Waals surface area contributed by atoms with Crippen molar-refractivity contribution in [2.24, 2.45) is 0 Å². The second-order valence-electron chi connectivity index (χ2n) is 9.74. The molecular weight excluding hydrogens is 460 g/mol. The summed E-state index contributed by atoms with van der Waals surface area (Å²) in [5.41, 5.74) is 6.27. The van der Waals surface area contributed by atoms with Crippen LogP contribution < -0.4 is 14.2 Å². The number of ether oxygens (including phenoxy) is 3. The Labute approximate surface area is 209 Å². The van der Waals surface area contributed by atoms with Crippen molar-refractivity contribution in [3.05, 3.63) is 76.3 Å². The van der Waals surface area contributed by atoms with E-state index in [9.17, 15) is 15.0 Å². The van der Waals surface area contributed by atoms with Gasteiger partial charge in [0.05, 0.1) is 26.2 Å². The quantitative estimate of drug-likeness (QED) is 0.435. The molecule has 2 heterocycles. The number of carbonyl (C=O) groups is 1. The third kappa shape index (κ3) is 4.40. The van der Waals surface area contributed by atoms with Crippen molar-refractivity contribution in [1.29, 1.82) is 0 Å². The standard InChI is InChI=1S/C29H30O7/c1-17-8-26-24(12-29(15-30,16-31)36-26)18(2)28(17)20-5-3-4-19(9-20)13-34-22-6-7-23-21(10-27(32)33)14-35-25(23)11-22/h3-9,11,21,30-31H,10,12-16H2,1-2H3,(H,32,33)/t21-/m1/s1. The Morgan fingerprint density at radius 1 is 1.08 bits per heavy atom. The Morgan fingerprint density at radius 3 is 2.64 bits per heavy atom. The molecule has 36 heavy (non-hydrogen) atoms. The van der Waals surface area contributed by atoms with Gasteiger partial charge >= 0.3 is 5.97 Å². The van der Waals surface area contributed by atoms with E-state index in [-0.39, 0.29) is 25.6 Å². The van der Waals surface area contributed by atoms with E-state index in [1.54, 1.807) is 0 Å².